The summed E-state index contributed by atoms with van der Waals surface area (Å²) >= 11 is 0. The third kappa shape index (κ3) is 1.40. The smallest absolute Gasteiger partial charge is 0.316 e. The van der Waals surface area contributed by atoms with Gasteiger partial charge in [-0.25, -0.2) is 0 Å². The highest BCUT2D eigenvalue weighted by atomic mass is 16.7. The summed E-state index contributed by atoms with van der Waals surface area (Å²) in [6.07, 6.45) is 2.75. The molecule has 90 valence electrons. The highest BCUT2D eigenvalue weighted by molar-refractivity contribution is 5.84. The van der Waals surface area contributed by atoms with Crippen LogP contribution < -0.4 is 9.47 Å². The number of ether oxygens (including phenoxy) is 3. The van der Waals surface area contributed by atoms with Crippen LogP contribution in [0.4, 0.5) is 0 Å². The molecule has 0 spiro atoms. The number of carbonyl (C=O) groups excluding carboxylic acids is 1. The van der Waals surface area contributed by atoms with E-state index >= 15 is 0 Å². The lowest BCUT2D eigenvalue weighted by Crippen LogP contribution is -2.43. The molecule has 2 aliphatic rings. The lowest BCUT2D eigenvalue weighted by Gasteiger charge is -2.39. The van der Waals surface area contributed by atoms with Gasteiger partial charge in [0.2, 0.25) is 6.79 Å². The van der Waals surface area contributed by atoms with Crippen molar-refractivity contribution in [1.29, 1.82) is 0 Å². The summed E-state index contributed by atoms with van der Waals surface area (Å²) in [5.74, 6) is 1.31. The topological polar surface area (TPSA) is 44.8 Å². The van der Waals surface area contributed by atoms with Gasteiger partial charge in [-0.2, -0.15) is 0 Å². The first-order valence-corrected chi connectivity index (χ1v) is 5.75. The van der Waals surface area contributed by atoms with Gasteiger partial charge in [-0.05, 0) is 30.5 Å². The zero-order chi connectivity index (χ0) is 11.9. The van der Waals surface area contributed by atoms with E-state index in [0.717, 1.165) is 36.3 Å². The Balaban J connectivity index is 2.00. The van der Waals surface area contributed by atoms with Crippen molar-refractivity contribution in [2.45, 2.75) is 24.7 Å². The zero-order valence-electron chi connectivity index (χ0n) is 9.69. The van der Waals surface area contributed by atoms with Crippen LogP contribution in [0.2, 0.25) is 0 Å². The van der Waals surface area contributed by atoms with Crippen LogP contribution in [0.15, 0.2) is 18.2 Å². The summed E-state index contributed by atoms with van der Waals surface area (Å²) in [5.41, 5.74) is 0.510. The van der Waals surface area contributed by atoms with Crippen molar-refractivity contribution in [2.24, 2.45) is 0 Å². The molecule has 1 heterocycles. The van der Waals surface area contributed by atoms with E-state index in [-0.39, 0.29) is 12.8 Å². The van der Waals surface area contributed by atoms with Gasteiger partial charge < -0.3 is 14.2 Å². The number of esters is 1. The normalized spacial score (nSPS) is 19.6. The number of benzene rings is 1. The molecule has 0 bridgehead atoms. The summed E-state index contributed by atoms with van der Waals surface area (Å²) < 4.78 is 15.5. The fraction of sp³-hybridized carbons (Fsp3) is 0.462. The molecule has 0 N–H and O–H groups in total. The van der Waals surface area contributed by atoms with Crippen molar-refractivity contribution >= 4 is 5.97 Å². The fourth-order valence-corrected chi connectivity index (χ4v) is 2.53. The molecule has 1 aromatic rings. The van der Waals surface area contributed by atoms with Crippen LogP contribution in [0.3, 0.4) is 0 Å². The predicted molar refractivity (Wildman–Crippen MR) is 60.1 cm³/mol. The van der Waals surface area contributed by atoms with Gasteiger partial charge in [0.25, 0.3) is 0 Å². The van der Waals surface area contributed by atoms with E-state index in [2.05, 4.69) is 0 Å². The Bertz CT molecular complexity index is 462. The van der Waals surface area contributed by atoms with E-state index in [1.54, 1.807) is 0 Å². The second kappa shape index (κ2) is 3.65. The Hall–Kier alpha value is -1.71. The van der Waals surface area contributed by atoms with Gasteiger partial charge >= 0.3 is 5.97 Å². The Morgan fingerprint density at radius 3 is 2.71 bits per heavy atom. The Labute approximate surface area is 99.5 Å². The van der Waals surface area contributed by atoms with Crippen LogP contribution in [0.5, 0.6) is 11.5 Å². The molecule has 0 atom stereocenters. The maximum atomic E-state index is 11.9. The third-order valence-electron chi connectivity index (χ3n) is 3.71. The lowest BCUT2D eigenvalue weighted by molar-refractivity contribution is -0.151. The fourth-order valence-electron chi connectivity index (χ4n) is 2.53. The molecule has 3 rings (SSSR count). The van der Waals surface area contributed by atoms with Gasteiger partial charge in [0.05, 0.1) is 12.5 Å². The molecule has 4 heteroatoms. The van der Waals surface area contributed by atoms with Crippen molar-refractivity contribution in [3.05, 3.63) is 23.8 Å². The second-order valence-corrected chi connectivity index (χ2v) is 4.50. The van der Waals surface area contributed by atoms with Crippen LogP contribution in [-0.2, 0) is 14.9 Å². The average Bonchev–Trinajstić information content (AvgIpc) is 2.74. The summed E-state index contributed by atoms with van der Waals surface area (Å²) in [7, 11) is 1.44. The van der Waals surface area contributed by atoms with Crippen LogP contribution in [0.25, 0.3) is 0 Å². The number of fused-ring (bicyclic) bond motifs is 1. The quantitative estimate of drug-likeness (QED) is 0.734. The summed E-state index contributed by atoms with van der Waals surface area (Å²) in [6.45, 7) is 0.254. The minimum atomic E-state index is -0.463. The zero-order valence-corrected chi connectivity index (χ0v) is 9.69. The average molecular weight is 234 g/mol. The van der Waals surface area contributed by atoms with Gasteiger partial charge in [-0.1, -0.05) is 12.5 Å². The molecule has 0 amide bonds. The molecule has 1 aliphatic heterocycles. The molecule has 1 fully saturated rings. The molecule has 0 saturated heterocycles. The van der Waals surface area contributed by atoms with Gasteiger partial charge in [0.15, 0.2) is 11.5 Å². The summed E-state index contributed by atoms with van der Waals surface area (Å²) in [4.78, 5) is 11.9. The van der Waals surface area contributed by atoms with Crippen molar-refractivity contribution in [3.63, 3.8) is 0 Å². The number of methoxy groups -OCH3 is 1. The van der Waals surface area contributed by atoms with Crippen LogP contribution in [0, 0.1) is 0 Å². The SMILES string of the molecule is COC(=O)C1(c2ccc3c(c2)OCO3)CCC1. The molecular weight excluding hydrogens is 220 g/mol. The lowest BCUT2D eigenvalue weighted by atomic mass is 9.64. The van der Waals surface area contributed by atoms with Crippen molar-refractivity contribution in [3.8, 4) is 11.5 Å². The first kappa shape index (κ1) is 10.4. The standard InChI is InChI=1S/C13H14O4/c1-15-12(14)13(5-2-6-13)9-3-4-10-11(7-9)17-8-16-10/h3-4,7H,2,5-6,8H2,1H3. The number of hydrogen-bond donors (Lipinski definition) is 0. The minimum Gasteiger partial charge on any atom is -0.468 e. The van der Waals surface area contributed by atoms with E-state index in [0.29, 0.717) is 0 Å². The first-order chi connectivity index (χ1) is 8.26. The Kier molecular flexibility index (Phi) is 2.24. The Morgan fingerprint density at radius 2 is 2.06 bits per heavy atom. The van der Waals surface area contributed by atoms with E-state index < -0.39 is 5.41 Å². The molecule has 1 saturated carbocycles. The number of carbonyl (C=O) groups is 1. The summed E-state index contributed by atoms with van der Waals surface area (Å²) in [5, 5.41) is 0. The maximum Gasteiger partial charge on any atom is 0.316 e. The molecule has 0 aromatic heterocycles. The molecule has 1 aromatic carbocycles. The van der Waals surface area contributed by atoms with Gasteiger partial charge in [0, 0.05) is 0 Å². The maximum absolute atomic E-state index is 11.9. The second-order valence-electron chi connectivity index (χ2n) is 4.50. The number of rotatable bonds is 2. The minimum absolute atomic E-state index is 0.150. The molecule has 17 heavy (non-hydrogen) atoms. The monoisotopic (exact) mass is 234 g/mol. The van der Waals surface area contributed by atoms with Crippen LogP contribution >= 0.6 is 0 Å². The van der Waals surface area contributed by atoms with E-state index in [1.165, 1.54) is 7.11 Å². The van der Waals surface area contributed by atoms with Gasteiger partial charge in [0.1, 0.15) is 0 Å². The van der Waals surface area contributed by atoms with Crippen LogP contribution in [0.1, 0.15) is 24.8 Å². The summed E-state index contributed by atoms with van der Waals surface area (Å²) in [6, 6.07) is 5.70. The van der Waals surface area contributed by atoms with Gasteiger partial charge in [-0.3, -0.25) is 4.79 Å². The van der Waals surface area contributed by atoms with Crippen molar-refractivity contribution in [1.82, 2.24) is 0 Å². The molecule has 0 radical (unpaired) electrons. The van der Waals surface area contributed by atoms with E-state index in [1.807, 2.05) is 18.2 Å². The molecule has 1 aliphatic carbocycles. The van der Waals surface area contributed by atoms with E-state index in [9.17, 15) is 4.79 Å². The number of hydrogen-bond acceptors (Lipinski definition) is 4. The highest BCUT2D eigenvalue weighted by Crippen LogP contribution is 2.47. The van der Waals surface area contributed by atoms with E-state index in [4.69, 9.17) is 14.2 Å². The molecular formula is C13H14O4. The van der Waals surface area contributed by atoms with Crippen molar-refractivity contribution in [2.75, 3.05) is 13.9 Å². The van der Waals surface area contributed by atoms with Gasteiger partial charge in [-0.15, -0.1) is 0 Å². The third-order valence-corrected chi connectivity index (χ3v) is 3.71. The largest absolute Gasteiger partial charge is 0.468 e. The molecule has 0 unspecified atom stereocenters. The van der Waals surface area contributed by atoms with Crippen molar-refractivity contribution < 1.29 is 19.0 Å². The predicted octanol–water partition coefficient (Wildman–Crippen LogP) is 2.01. The molecule has 4 nitrogen and oxygen atoms in total. The first-order valence-electron chi connectivity index (χ1n) is 5.75. The highest BCUT2D eigenvalue weighted by Gasteiger charge is 2.47. The van der Waals surface area contributed by atoms with Crippen LogP contribution in [-0.4, -0.2) is 19.9 Å². The Morgan fingerprint density at radius 1 is 1.29 bits per heavy atom.